The molecule has 1 aromatic rings. The summed E-state index contributed by atoms with van der Waals surface area (Å²) in [5.74, 6) is 0.797. The zero-order valence-electron chi connectivity index (χ0n) is 11.4. The van der Waals surface area contributed by atoms with E-state index in [1.165, 1.54) is 5.56 Å². The minimum Gasteiger partial charge on any atom is -0.378 e. The molecule has 1 aromatic carbocycles. The molecule has 0 saturated carbocycles. The van der Waals surface area contributed by atoms with Crippen molar-refractivity contribution < 1.29 is 4.74 Å². The first kappa shape index (κ1) is 14.7. The van der Waals surface area contributed by atoms with Crippen LogP contribution in [0.5, 0.6) is 0 Å². The third-order valence-corrected chi connectivity index (χ3v) is 4.17. The van der Waals surface area contributed by atoms with Crippen molar-refractivity contribution in [3.05, 3.63) is 59.2 Å². The predicted molar refractivity (Wildman–Crippen MR) is 83.0 cm³/mol. The van der Waals surface area contributed by atoms with Crippen LogP contribution in [0, 0.1) is 11.3 Å². The molecule has 2 rings (SSSR count). The normalized spacial score (nSPS) is 16.2. The van der Waals surface area contributed by atoms with Gasteiger partial charge in [0, 0.05) is 18.8 Å². The first-order valence-electron chi connectivity index (χ1n) is 6.61. The fourth-order valence-electron chi connectivity index (χ4n) is 2.06. The Morgan fingerprint density at radius 3 is 2.65 bits per heavy atom. The summed E-state index contributed by atoms with van der Waals surface area (Å²) in [6, 6.07) is 12.5. The monoisotopic (exact) mass is 286 g/mol. The fourth-order valence-corrected chi connectivity index (χ4v) is 2.99. The molecule has 3 nitrogen and oxygen atoms in total. The van der Waals surface area contributed by atoms with Crippen molar-refractivity contribution in [1.82, 2.24) is 4.90 Å². The number of nitriles is 1. The molecule has 0 spiro atoms. The van der Waals surface area contributed by atoms with E-state index in [4.69, 9.17) is 4.74 Å². The molecule has 0 aromatic heterocycles. The molecule has 0 N–H and O–H groups in total. The summed E-state index contributed by atoms with van der Waals surface area (Å²) >= 11 is 1.57. The van der Waals surface area contributed by atoms with E-state index in [0.29, 0.717) is 13.2 Å². The molecule has 1 heterocycles. The van der Waals surface area contributed by atoms with Crippen LogP contribution in [0.2, 0.25) is 0 Å². The maximum Gasteiger partial charge on any atom is 0.109 e. The second-order valence-electron chi connectivity index (χ2n) is 4.40. The minimum atomic E-state index is 0.708. The summed E-state index contributed by atoms with van der Waals surface area (Å²) in [5, 5.41) is 9.40. The number of benzene rings is 1. The Labute approximate surface area is 124 Å². The van der Waals surface area contributed by atoms with Crippen LogP contribution < -0.4 is 0 Å². The SMILES string of the molecule is C=CC(=C(C#N)SCc1ccccc1)N1CCOCC1. The molecule has 20 heavy (non-hydrogen) atoms. The second kappa shape index (κ2) is 7.78. The van der Waals surface area contributed by atoms with Gasteiger partial charge in [0.2, 0.25) is 0 Å². The Bertz CT molecular complexity index is 513. The molecular formula is C16H18N2OS. The predicted octanol–water partition coefficient (Wildman–Crippen LogP) is 3.17. The van der Waals surface area contributed by atoms with Gasteiger partial charge in [-0.05, 0) is 11.6 Å². The van der Waals surface area contributed by atoms with Crippen LogP contribution in [0.15, 0.2) is 53.6 Å². The number of ether oxygens (including phenoxy) is 1. The molecule has 0 amide bonds. The van der Waals surface area contributed by atoms with Crippen molar-refractivity contribution in [2.75, 3.05) is 26.3 Å². The molecule has 1 aliphatic rings. The number of hydrogen-bond donors (Lipinski definition) is 0. The number of hydrogen-bond acceptors (Lipinski definition) is 4. The average Bonchev–Trinajstić information content (AvgIpc) is 2.53. The van der Waals surface area contributed by atoms with Crippen LogP contribution in [0.4, 0.5) is 0 Å². The van der Waals surface area contributed by atoms with Gasteiger partial charge in [-0.1, -0.05) is 36.9 Å². The van der Waals surface area contributed by atoms with Gasteiger partial charge in [0.25, 0.3) is 0 Å². The number of morpholine rings is 1. The minimum absolute atomic E-state index is 0.708. The average molecular weight is 286 g/mol. The lowest BCUT2D eigenvalue weighted by Crippen LogP contribution is -2.35. The Kier molecular flexibility index (Phi) is 5.72. The summed E-state index contributed by atoms with van der Waals surface area (Å²) in [7, 11) is 0. The second-order valence-corrected chi connectivity index (χ2v) is 5.39. The lowest BCUT2D eigenvalue weighted by Gasteiger charge is -2.30. The van der Waals surface area contributed by atoms with E-state index in [1.807, 2.05) is 18.2 Å². The molecule has 4 heteroatoms. The third-order valence-electron chi connectivity index (χ3n) is 3.11. The lowest BCUT2D eigenvalue weighted by atomic mass is 10.2. The van der Waals surface area contributed by atoms with Crippen molar-refractivity contribution in [2.24, 2.45) is 0 Å². The quantitative estimate of drug-likeness (QED) is 0.615. The number of allylic oxidation sites excluding steroid dienone is 2. The van der Waals surface area contributed by atoms with E-state index in [1.54, 1.807) is 17.8 Å². The largest absolute Gasteiger partial charge is 0.378 e. The van der Waals surface area contributed by atoms with E-state index in [2.05, 4.69) is 29.7 Å². The van der Waals surface area contributed by atoms with Crippen molar-refractivity contribution >= 4 is 11.8 Å². The van der Waals surface area contributed by atoms with Gasteiger partial charge in [0.1, 0.15) is 11.0 Å². The van der Waals surface area contributed by atoms with Crippen LogP contribution in [-0.2, 0) is 10.5 Å². The van der Waals surface area contributed by atoms with E-state index in [0.717, 1.165) is 29.4 Å². The van der Waals surface area contributed by atoms with Gasteiger partial charge in [-0.25, -0.2) is 0 Å². The molecule has 0 unspecified atom stereocenters. The molecule has 1 aliphatic heterocycles. The maximum absolute atomic E-state index is 9.40. The molecule has 1 fully saturated rings. The highest BCUT2D eigenvalue weighted by Crippen LogP contribution is 2.26. The third kappa shape index (κ3) is 3.89. The van der Waals surface area contributed by atoms with Crippen LogP contribution in [-0.4, -0.2) is 31.2 Å². The van der Waals surface area contributed by atoms with Gasteiger partial charge >= 0.3 is 0 Å². The van der Waals surface area contributed by atoms with Crippen LogP contribution in [0.3, 0.4) is 0 Å². The molecule has 104 valence electrons. The van der Waals surface area contributed by atoms with Crippen LogP contribution >= 0.6 is 11.8 Å². The highest BCUT2D eigenvalue weighted by Gasteiger charge is 2.16. The Hall–Kier alpha value is -1.70. The highest BCUT2D eigenvalue weighted by molar-refractivity contribution is 8.02. The molecular weight excluding hydrogens is 268 g/mol. The molecule has 1 saturated heterocycles. The highest BCUT2D eigenvalue weighted by atomic mass is 32.2. The summed E-state index contributed by atoms with van der Waals surface area (Å²) < 4.78 is 5.35. The van der Waals surface area contributed by atoms with Gasteiger partial charge in [0.15, 0.2) is 0 Å². The van der Waals surface area contributed by atoms with Gasteiger partial charge in [-0.3, -0.25) is 0 Å². The van der Waals surface area contributed by atoms with Gasteiger partial charge in [-0.2, -0.15) is 5.26 Å². The Morgan fingerprint density at radius 2 is 2.05 bits per heavy atom. The number of rotatable bonds is 5. The van der Waals surface area contributed by atoms with Gasteiger partial charge in [0.05, 0.1) is 18.9 Å². The van der Waals surface area contributed by atoms with Crippen molar-refractivity contribution in [3.63, 3.8) is 0 Å². The summed E-state index contributed by atoms with van der Waals surface area (Å²) in [6.07, 6.45) is 1.78. The Balaban J connectivity index is 2.09. The zero-order valence-corrected chi connectivity index (χ0v) is 12.2. The van der Waals surface area contributed by atoms with E-state index in [9.17, 15) is 5.26 Å². The smallest absolute Gasteiger partial charge is 0.109 e. The Morgan fingerprint density at radius 1 is 1.35 bits per heavy atom. The standard InChI is InChI=1S/C16H18N2OS/c1-2-15(18-8-10-19-11-9-18)16(12-17)20-13-14-6-4-3-5-7-14/h2-7H,1,8-11,13H2. The van der Waals surface area contributed by atoms with Crippen LogP contribution in [0.25, 0.3) is 0 Å². The lowest BCUT2D eigenvalue weighted by molar-refractivity contribution is 0.0553. The molecule has 0 aliphatic carbocycles. The van der Waals surface area contributed by atoms with E-state index >= 15 is 0 Å². The first-order chi connectivity index (χ1) is 9.85. The number of nitrogens with zero attached hydrogens (tertiary/aromatic N) is 2. The van der Waals surface area contributed by atoms with Gasteiger partial charge in [-0.15, -0.1) is 11.8 Å². The fraction of sp³-hybridized carbons (Fsp3) is 0.312. The van der Waals surface area contributed by atoms with Crippen molar-refractivity contribution in [3.8, 4) is 6.07 Å². The number of thioether (sulfide) groups is 1. The summed E-state index contributed by atoms with van der Waals surface area (Å²) in [4.78, 5) is 2.90. The summed E-state index contributed by atoms with van der Waals surface area (Å²) in [6.45, 7) is 6.91. The maximum atomic E-state index is 9.40. The summed E-state index contributed by atoms with van der Waals surface area (Å²) in [5.41, 5.74) is 2.15. The van der Waals surface area contributed by atoms with E-state index in [-0.39, 0.29) is 0 Å². The molecule has 0 radical (unpaired) electrons. The van der Waals surface area contributed by atoms with Crippen molar-refractivity contribution in [1.29, 1.82) is 5.26 Å². The van der Waals surface area contributed by atoms with Crippen LogP contribution in [0.1, 0.15) is 5.56 Å². The molecule has 0 bridgehead atoms. The van der Waals surface area contributed by atoms with Crippen molar-refractivity contribution in [2.45, 2.75) is 5.75 Å². The van der Waals surface area contributed by atoms with E-state index < -0.39 is 0 Å². The first-order valence-corrected chi connectivity index (χ1v) is 7.60. The topological polar surface area (TPSA) is 36.3 Å². The molecule has 0 atom stereocenters. The van der Waals surface area contributed by atoms with Gasteiger partial charge < -0.3 is 9.64 Å². The zero-order chi connectivity index (χ0) is 14.2.